The summed E-state index contributed by atoms with van der Waals surface area (Å²) in [6.07, 6.45) is 7.03. The molecule has 0 aromatic carbocycles. The maximum Gasteiger partial charge on any atom is 0.225 e. The standard InChI is InChI=1S/C17H30N4O2.HI/c1-3-4-5-8-19-17(18-2)21-9-6-15(7-10-21)16(22)20-11-13-23-14-12-20;/h3-4,15H,5-14H2,1-2H3,(H,18,19);1H. The number of amides is 1. The molecule has 0 saturated carbocycles. The first-order chi connectivity index (χ1) is 11.3. The zero-order valence-electron chi connectivity index (χ0n) is 14.9. The summed E-state index contributed by atoms with van der Waals surface area (Å²) in [4.78, 5) is 21.1. The molecule has 0 unspecified atom stereocenters. The quantitative estimate of drug-likeness (QED) is 0.233. The Balaban J connectivity index is 0.00000288. The van der Waals surface area contributed by atoms with Gasteiger partial charge in [0.15, 0.2) is 5.96 Å². The van der Waals surface area contributed by atoms with Crippen LogP contribution in [-0.4, -0.2) is 74.7 Å². The highest BCUT2D eigenvalue weighted by Crippen LogP contribution is 2.20. The fourth-order valence-corrected chi connectivity index (χ4v) is 3.15. The molecule has 0 aromatic heterocycles. The molecule has 1 N–H and O–H groups in total. The number of carbonyl (C=O) groups is 1. The Hall–Kier alpha value is -0.830. The molecule has 2 fully saturated rings. The van der Waals surface area contributed by atoms with E-state index in [-0.39, 0.29) is 29.9 Å². The Morgan fingerprint density at radius 2 is 1.88 bits per heavy atom. The maximum absolute atomic E-state index is 12.5. The fourth-order valence-electron chi connectivity index (χ4n) is 3.15. The van der Waals surface area contributed by atoms with E-state index >= 15 is 0 Å². The second kappa shape index (κ2) is 11.7. The number of hydrogen-bond acceptors (Lipinski definition) is 3. The highest BCUT2D eigenvalue weighted by molar-refractivity contribution is 14.0. The van der Waals surface area contributed by atoms with Crippen LogP contribution in [0.3, 0.4) is 0 Å². The fraction of sp³-hybridized carbons (Fsp3) is 0.765. The molecule has 24 heavy (non-hydrogen) atoms. The molecule has 1 amide bonds. The topological polar surface area (TPSA) is 57.2 Å². The molecule has 2 aliphatic rings. The molecule has 7 heteroatoms. The predicted molar refractivity (Wildman–Crippen MR) is 108 cm³/mol. The minimum atomic E-state index is 0. The summed E-state index contributed by atoms with van der Waals surface area (Å²) in [6.45, 7) is 7.55. The summed E-state index contributed by atoms with van der Waals surface area (Å²) in [6, 6.07) is 0. The molecule has 0 spiro atoms. The number of nitrogens with one attached hydrogen (secondary N) is 1. The number of piperidine rings is 1. The van der Waals surface area contributed by atoms with E-state index in [0.717, 1.165) is 57.9 Å². The SMILES string of the molecule is CC=CCCNC(=NC)N1CCC(C(=O)N2CCOCC2)CC1.I. The van der Waals surface area contributed by atoms with Crippen LogP contribution in [-0.2, 0) is 9.53 Å². The lowest BCUT2D eigenvalue weighted by molar-refractivity contribution is -0.140. The lowest BCUT2D eigenvalue weighted by Gasteiger charge is -2.36. The number of guanidine groups is 1. The van der Waals surface area contributed by atoms with Crippen LogP contribution in [0, 0.1) is 5.92 Å². The first-order valence-corrected chi connectivity index (χ1v) is 8.69. The summed E-state index contributed by atoms with van der Waals surface area (Å²) in [5.74, 6) is 1.42. The van der Waals surface area contributed by atoms with Gasteiger partial charge in [0.1, 0.15) is 0 Å². The monoisotopic (exact) mass is 450 g/mol. The van der Waals surface area contributed by atoms with Gasteiger partial charge in [0.05, 0.1) is 13.2 Å². The van der Waals surface area contributed by atoms with Gasteiger partial charge in [-0.2, -0.15) is 0 Å². The number of nitrogens with zero attached hydrogens (tertiary/aromatic N) is 3. The van der Waals surface area contributed by atoms with Crippen LogP contribution in [0.15, 0.2) is 17.1 Å². The third-order valence-corrected chi connectivity index (χ3v) is 4.51. The minimum Gasteiger partial charge on any atom is -0.378 e. The van der Waals surface area contributed by atoms with Crippen molar-refractivity contribution in [3.63, 3.8) is 0 Å². The number of ether oxygens (including phenoxy) is 1. The van der Waals surface area contributed by atoms with Gasteiger partial charge < -0.3 is 19.9 Å². The van der Waals surface area contributed by atoms with E-state index in [0.29, 0.717) is 19.1 Å². The van der Waals surface area contributed by atoms with E-state index < -0.39 is 0 Å². The molecule has 2 saturated heterocycles. The Bertz CT molecular complexity index is 428. The molecule has 2 aliphatic heterocycles. The molecule has 138 valence electrons. The molecule has 0 bridgehead atoms. The van der Waals surface area contributed by atoms with Gasteiger partial charge in [0.25, 0.3) is 0 Å². The highest BCUT2D eigenvalue weighted by atomic mass is 127. The van der Waals surface area contributed by atoms with Crippen LogP contribution in [0.25, 0.3) is 0 Å². The number of likely N-dealkylation sites (tertiary alicyclic amines) is 1. The van der Waals surface area contributed by atoms with Crippen molar-refractivity contribution in [2.45, 2.75) is 26.2 Å². The average Bonchev–Trinajstić information content (AvgIpc) is 2.62. The maximum atomic E-state index is 12.5. The van der Waals surface area contributed by atoms with Gasteiger partial charge in [0.2, 0.25) is 5.91 Å². The van der Waals surface area contributed by atoms with Gasteiger partial charge in [-0.3, -0.25) is 9.79 Å². The molecular weight excluding hydrogens is 419 g/mol. The van der Waals surface area contributed by atoms with Crippen LogP contribution in [0.4, 0.5) is 0 Å². The predicted octanol–water partition coefficient (Wildman–Crippen LogP) is 1.72. The summed E-state index contributed by atoms with van der Waals surface area (Å²) < 4.78 is 5.32. The van der Waals surface area contributed by atoms with Crippen LogP contribution < -0.4 is 5.32 Å². The van der Waals surface area contributed by atoms with Crippen LogP contribution >= 0.6 is 24.0 Å². The summed E-state index contributed by atoms with van der Waals surface area (Å²) in [5.41, 5.74) is 0. The molecule has 2 rings (SSSR count). The molecule has 0 radical (unpaired) electrons. The van der Waals surface area contributed by atoms with Crippen molar-refractivity contribution in [3.8, 4) is 0 Å². The lowest BCUT2D eigenvalue weighted by atomic mass is 9.95. The summed E-state index contributed by atoms with van der Waals surface area (Å²) in [7, 11) is 1.82. The first kappa shape index (κ1) is 21.2. The van der Waals surface area contributed by atoms with Crippen LogP contribution in [0.5, 0.6) is 0 Å². The average molecular weight is 450 g/mol. The van der Waals surface area contributed by atoms with Gasteiger partial charge in [-0.05, 0) is 26.2 Å². The third kappa shape index (κ3) is 6.23. The number of rotatable bonds is 4. The van der Waals surface area contributed by atoms with E-state index in [9.17, 15) is 4.79 Å². The second-order valence-electron chi connectivity index (χ2n) is 6.03. The molecular formula is C17H31IN4O2. The van der Waals surface area contributed by atoms with E-state index in [4.69, 9.17) is 4.74 Å². The Labute approximate surface area is 162 Å². The largest absolute Gasteiger partial charge is 0.378 e. The van der Waals surface area contributed by atoms with Crippen molar-refractivity contribution in [3.05, 3.63) is 12.2 Å². The van der Waals surface area contributed by atoms with E-state index in [2.05, 4.69) is 27.4 Å². The smallest absolute Gasteiger partial charge is 0.225 e. The molecule has 0 aromatic rings. The van der Waals surface area contributed by atoms with Crippen LogP contribution in [0.2, 0.25) is 0 Å². The number of morpholine rings is 1. The Kier molecular flexibility index (Phi) is 10.3. The summed E-state index contributed by atoms with van der Waals surface area (Å²) in [5, 5.41) is 3.39. The molecule has 0 aliphatic carbocycles. The van der Waals surface area contributed by atoms with Gasteiger partial charge >= 0.3 is 0 Å². The number of hydrogen-bond donors (Lipinski definition) is 1. The second-order valence-corrected chi connectivity index (χ2v) is 6.03. The third-order valence-electron chi connectivity index (χ3n) is 4.51. The van der Waals surface area contributed by atoms with Crippen molar-refractivity contribution in [1.29, 1.82) is 0 Å². The Morgan fingerprint density at radius 3 is 2.46 bits per heavy atom. The minimum absolute atomic E-state index is 0. The zero-order chi connectivity index (χ0) is 16.5. The van der Waals surface area contributed by atoms with Crippen molar-refractivity contribution in [1.82, 2.24) is 15.1 Å². The van der Waals surface area contributed by atoms with E-state index in [1.54, 1.807) is 0 Å². The molecule has 0 atom stereocenters. The van der Waals surface area contributed by atoms with Crippen molar-refractivity contribution in [2.75, 3.05) is 53.0 Å². The highest BCUT2D eigenvalue weighted by Gasteiger charge is 2.30. The number of aliphatic imine (C=N–C) groups is 1. The Morgan fingerprint density at radius 1 is 1.21 bits per heavy atom. The lowest BCUT2D eigenvalue weighted by Crippen LogP contribution is -2.50. The number of carbonyl (C=O) groups excluding carboxylic acids is 1. The zero-order valence-corrected chi connectivity index (χ0v) is 17.2. The number of halogens is 1. The van der Waals surface area contributed by atoms with E-state index in [1.807, 2.05) is 18.9 Å². The van der Waals surface area contributed by atoms with Crippen molar-refractivity contribution in [2.24, 2.45) is 10.9 Å². The molecule has 6 nitrogen and oxygen atoms in total. The van der Waals surface area contributed by atoms with Gasteiger partial charge in [0, 0.05) is 45.7 Å². The van der Waals surface area contributed by atoms with E-state index in [1.165, 1.54) is 0 Å². The normalized spacial score (nSPS) is 20.2. The van der Waals surface area contributed by atoms with Gasteiger partial charge in [-0.15, -0.1) is 24.0 Å². The summed E-state index contributed by atoms with van der Waals surface area (Å²) >= 11 is 0. The van der Waals surface area contributed by atoms with Crippen molar-refractivity contribution < 1.29 is 9.53 Å². The number of allylic oxidation sites excluding steroid dienone is 1. The van der Waals surface area contributed by atoms with Gasteiger partial charge in [-0.25, -0.2) is 0 Å². The molecule has 2 heterocycles. The van der Waals surface area contributed by atoms with Gasteiger partial charge in [-0.1, -0.05) is 12.2 Å². The van der Waals surface area contributed by atoms with Crippen molar-refractivity contribution >= 4 is 35.8 Å². The van der Waals surface area contributed by atoms with Crippen LogP contribution in [0.1, 0.15) is 26.2 Å². The first-order valence-electron chi connectivity index (χ1n) is 8.69.